The number of carbonyl (C=O) groups excluding carboxylic acids is 1. The van der Waals surface area contributed by atoms with Crippen molar-refractivity contribution in [3.05, 3.63) is 46.8 Å². The summed E-state index contributed by atoms with van der Waals surface area (Å²) in [6.07, 6.45) is 1.05. The number of nitrogens with one attached hydrogen (secondary N) is 1. The van der Waals surface area contributed by atoms with Gasteiger partial charge in [-0.2, -0.15) is 4.31 Å². The number of amides is 1. The minimum Gasteiger partial charge on any atom is -0.403 e. The van der Waals surface area contributed by atoms with E-state index >= 15 is 0 Å². The monoisotopic (exact) mass is 432 g/mol. The Morgan fingerprint density at radius 2 is 2.10 bits per heavy atom. The molecule has 1 aliphatic heterocycles. The van der Waals surface area contributed by atoms with Crippen LogP contribution in [0.4, 0.5) is 6.01 Å². The molecule has 1 atom stereocenters. The molecule has 0 bridgehead atoms. The molecule has 29 heavy (non-hydrogen) atoms. The van der Waals surface area contributed by atoms with Crippen molar-refractivity contribution < 1.29 is 17.6 Å². The van der Waals surface area contributed by atoms with Gasteiger partial charge in [-0.3, -0.25) is 10.1 Å². The van der Waals surface area contributed by atoms with Crippen molar-refractivity contribution in [2.75, 3.05) is 11.9 Å². The first-order valence-corrected chi connectivity index (χ1v) is 11.5. The van der Waals surface area contributed by atoms with Gasteiger partial charge >= 0.3 is 6.01 Å². The minimum atomic E-state index is -3.70. The summed E-state index contributed by atoms with van der Waals surface area (Å²) in [6.45, 7) is 4.24. The number of rotatable bonds is 5. The number of aryl methyl sites for hydroxylation is 2. The van der Waals surface area contributed by atoms with Crippen LogP contribution in [0.25, 0.3) is 11.5 Å². The predicted octanol–water partition coefficient (Wildman–Crippen LogP) is 3.21. The Morgan fingerprint density at radius 3 is 2.83 bits per heavy atom. The van der Waals surface area contributed by atoms with E-state index in [4.69, 9.17) is 4.42 Å². The van der Waals surface area contributed by atoms with Crippen LogP contribution in [0.1, 0.15) is 24.0 Å². The van der Waals surface area contributed by atoms with Gasteiger partial charge < -0.3 is 4.42 Å². The first kappa shape index (κ1) is 19.7. The van der Waals surface area contributed by atoms with Crippen LogP contribution in [0.5, 0.6) is 0 Å². The van der Waals surface area contributed by atoms with E-state index < -0.39 is 22.0 Å². The van der Waals surface area contributed by atoms with Crippen molar-refractivity contribution >= 4 is 33.3 Å². The predicted molar refractivity (Wildman–Crippen MR) is 109 cm³/mol. The molecule has 1 saturated heterocycles. The van der Waals surface area contributed by atoms with E-state index in [9.17, 15) is 13.2 Å². The zero-order valence-electron chi connectivity index (χ0n) is 16.0. The lowest BCUT2D eigenvalue weighted by atomic mass is 10.1. The topological polar surface area (TPSA) is 105 Å². The Hall–Kier alpha value is -2.56. The molecule has 1 aromatic carbocycles. The standard InChI is InChI=1S/C19H20N4O4S2/c1-12-7-8-14(13(2)11-12)18-21-22-19(27-18)20-17(24)15-5-3-9-23(15)29(25,26)16-6-4-10-28-16/h4,6-8,10-11,15H,3,5,9H2,1-2H3,(H,20,22,24). The molecule has 4 rings (SSSR count). The summed E-state index contributed by atoms with van der Waals surface area (Å²) < 4.78 is 32.7. The maximum absolute atomic E-state index is 12.8. The summed E-state index contributed by atoms with van der Waals surface area (Å²) in [7, 11) is -3.70. The number of thiophene rings is 1. The number of carbonyl (C=O) groups is 1. The fourth-order valence-electron chi connectivity index (χ4n) is 3.44. The van der Waals surface area contributed by atoms with Crippen LogP contribution in [0.2, 0.25) is 0 Å². The number of hydrogen-bond donors (Lipinski definition) is 1. The Bertz CT molecular complexity index is 1140. The highest BCUT2D eigenvalue weighted by molar-refractivity contribution is 7.91. The molecule has 0 spiro atoms. The van der Waals surface area contributed by atoms with Gasteiger partial charge in [0.2, 0.25) is 11.8 Å². The SMILES string of the molecule is Cc1ccc(-c2nnc(NC(=O)C3CCCN3S(=O)(=O)c3cccs3)o2)c(C)c1. The fourth-order valence-corrected chi connectivity index (χ4v) is 6.22. The van der Waals surface area contributed by atoms with Gasteiger partial charge in [-0.05, 0) is 49.8 Å². The van der Waals surface area contributed by atoms with Gasteiger partial charge in [-0.25, -0.2) is 8.42 Å². The largest absolute Gasteiger partial charge is 0.403 e. The van der Waals surface area contributed by atoms with E-state index in [2.05, 4.69) is 15.5 Å². The molecule has 1 amide bonds. The van der Waals surface area contributed by atoms with Gasteiger partial charge in [-0.1, -0.05) is 28.9 Å². The quantitative estimate of drug-likeness (QED) is 0.664. The van der Waals surface area contributed by atoms with Crippen molar-refractivity contribution in [1.82, 2.24) is 14.5 Å². The van der Waals surface area contributed by atoms with Crippen LogP contribution in [-0.2, 0) is 14.8 Å². The van der Waals surface area contributed by atoms with Gasteiger partial charge in [0.1, 0.15) is 10.3 Å². The molecule has 1 N–H and O–H groups in total. The molecule has 2 aromatic heterocycles. The summed E-state index contributed by atoms with van der Waals surface area (Å²) >= 11 is 1.14. The highest BCUT2D eigenvalue weighted by Gasteiger charge is 2.40. The molecule has 10 heteroatoms. The average molecular weight is 433 g/mol. The molecular weight excluding hydrogens is 412 g/mol. The number of hydrogen-bond acceptors (Lipinski definition) is 7. The van der Waals surface area contributed by atoms with E-state index in [1.165, 1.54) is 4.31 Å². The number of sulfonamides is 1. The van der Waals surface area contributed by atoms with Crippen LogP contribution >= 0.6 is 11.3 Å². The van der Waals surface area contributed by atoms with E-state index in [-0.39, 0.29) is 10.2 Å². The number of benzene rings is 1. The Kier molecular flexibility index (Phi) is 5.24. The third-order valence-corrected chi connectivity index (χ3v) is 8.11. The lowest BCUT2D eigenvalue weighted by Crippen LogP contribution is -2.42. The molecule has 1 aliphatic rings. The second-order valence-corrected chi connectivity index (χ2v) is 9.99. The first-order chi connectivity index (χ1) is 13.9. The van der Waals surface area contributed by atoms with E-state index in [0.717, 1.165) is 28.0 Å². The number of anilines is 1. The molecule has 1 unspecified atom stereocenters. The van der Waals surface area contributed by atoms with Crippen molar-refractivity contribution in [1.29, 1.82) is 0 Å². The third-order valence-electron chi connectivity index (χ3n) is 4.83. The van der Waals surface area contributed by atoms with Crippen molar-refractivity contribution in [2.45, 2.75) is 36.9 Å². The molecule has 8 nitrogen and oxygen atoms in total. The molecular formula is C19H20N4O4S2. The van der Waals surface area contributed by atoms with Crippen LogP contribution in [0.15, 0.2) is 44.3 Å². The third kappa shape index (κ3) is 3.83. The van der Waals surface area contributed by atoms with Crippen molar-refractivity contribution in [3.8, 4) is 11.5 Å². The summed E-state index contributed by atoms with van der Waals surface area (Å²) in [5.74, 6) is -0.175. The van der Waals surface area contributed by atoms with Crippen molar-refractivity contribution in [3.63, 3.8) is 0 Å². The van der Waals surface area contributed by atoms with Gasteiger partial charge in [-0.15, -0.1) is 16.4 Å². The second kappa shape index (κ2) is 7.69. The maximum atomic E-state index is 12.8. The van der Waals surface area contributed by atoms with Crippen molar-refractivity contribution in [2.24, 2.45) is 0 Å². The highest BCUT2D eigenvalue weighted by atomic mass is 32.2. The summed E-state index contributed by atoms with van der Waals surface area (Å²) in [4.78, 5) is 12.8. The van der Waals surface area contributed by atoms with E-state index in [1.807, 2.05) is 32.0 Å². The zero-order valence-corrected chi connectivity index (χ0v) is 17.6. The lowest BCUT2D eigenvalue weighted by molar-refractivity contribution is -0.119. The number of nitrogens with zero attached hydrogens (tertiary/aromatic N) is 3. The summed E-state index contributed by atoms with van der Waals surface area (Å²) in [6, 6.07) is 8.19. The van der Waals surface area contributed by atoms with Crippen LogP contribution in [0, 0.1) is 13.8 Å². The Labute approximate surface area is 172 Å². The molecule has 0 radical (unpaired) electrons. The maximum Gasteiger partial charge on any atom is 0.322 e. The normalized spacial score (nSPS) is 17.5. The highest BCUT2D eigenvalue weighted by Crippen LogP contribution is 2.29. The smallest absolute Gasteiger partial charge is 0.322 e. The van der Waals surface area contributed by atoms with Gasteiger partial charge in [0, 0.05) is 12.1 Å². The Balaban J connectivity index is 1.52. The first-order valence-electron chi connectivity index (χ1n) is 9.13. The second-order valence-electron chi connectivity index (χ2n) is 6.93. The van der Waals surface area contributed by atoms with Crippen LogP contribution in [-0.4, -0.2) is 41.4 Å². The Morgan fingerprint density at radius 1 is 1.28 bits per heavy atom. The summed E-state index contributed by atoms with van der Waals surface area (Å²) in [5.41, 5.74) is 2.88. The average Bonchev–Trinajstić information content (AvgIpc) is 3.43. The molecule has 3 heterocycles. The molecule has 152 valence electrons. The van der Waals surface area contributed by atoms with Crippen LogP contribution < -0.4 is 5.32 Å². The van der Waals surface area contributed by atoms with E-state index in [0.29, 0.717) is 25.3 Å². The van der Waals surface area contributed by atoms with Gasteiger partial charge in [0.05, 0.1) is 0 Å². The van der Waals surface area contributed by atoms with Gasteiger partial charge in [0.15, 0.2) is 0 Å². The number of aromatic nitrogens is 2. The molecule has 1 fully saturated rings. The van der Waals surface area contributed by atoms with Crippen LogP contribution in [0.3, 0.4) is 0 Å². The minimum absolute atomic E-state index is 0.0506. The fraction of sp³-hybridized carbons (Fsp3) is 0.316. The molecule has 0 aliphatic carbocycles. The zero-order chi connectivity index (χ0) is 20.6. The summed E-state index contributed by atoms with van der Waals surface area (Å²) in [5, 5.41) is 12.2. The molecule has 0 saturated carbocycles. The van der Waals surface area contributed by atoms with E-state index in [1.54, 1.807) is 17.5 Å². The lowest BCUT2D eigenvalue weighted by Gasteiger charge is -2.21. The van der Waals surface area contributed by atoms with Gasteiger partial charge in [0.25, 0.3) is 10.0 Å². The molecule has 3 aromatic rings.